The zero-order chi connectivity index (χ0) is 15.4. The first-order valence-corrected chi connectivity index (χ1v) is 8.54. The second kappa shape index (κ2) is 7.03. The minimum absolute atomic E-state index is 0.296. The van der Waals surface area contributed by atoms with E-state index in [9.17, 15) is 9.90 Å². The van der Waals surface area contributed by atoms with Crippen molar-refractivity contribution in [3.63, 3.8) is 0 Å². The number of phenols is 1. The monoisotopic (exact) mass is 302 g/mol. The lowest BCUT2D eigenvalue weighted by Gasteiger charge is -2.37. The van der Waals surface area contributed by atoms with E-state index in [1.807, 2.05) is 17.0 Å². The molecule has 120 valence electrons. The standard InChI is InChI=1S/C18H26N2O2/c21-17-8-6-16(7-9-17)19-10-12-20(13-11-19)18(22)14-15-4-2-1-3-5-15/h6-9,15,21H,1-5,10-14H2. The van der Waals surface area contributed by atoms with Crippen LogP contribution in [0.5, 0.6) is 5.75 Å². The molecular formula is C18H26N2O2. The van der Waals surface area contributed by atoms with Crippen molar-refractivity contribution in [2.24, 2.45) is 5.92 Å². The van der Waals surface area contributed by atoms with Crippen LogP contribution in [-0.4, -0.2) is 42.1 Å². The highest BCUT2D eigenvalue weighted by atomic mass is 16.3. The lowest BCUT2D eigenvalue weighted by molar-refractivity contribution is -0.132. The minimum Gasteiger partial charge on any atom is -0.508 e. The number of carbonyl (C=O) groups is 1. The van der Waals surface area contributed by atoms with Crippen molar-refractivity contribution in [2.45, 2.75) is 38.5 Å². The number of hydrogen-bond acceptors (Lipinski definition) is 3. The predicted molar refractivity (Wildman–Crippen MR) is 88.1 cm³/mol. The molecule has 1 aromatic rings. The van der Waals surface area contributed by atoms with E-state index in [1.54, 1.807) is 12.1 Å². The summed E-state index contributed by atoms with van der Waals surface area (Å²) in [6.45, 7) is 3.38. The van der Waals surface area contributed by atoms with Crippen LogP contribution in [0.25, 0.3) is 0 Å². The molecule has 1 saturated heterocycles. The summed E-state index contributed by atoms with van der Waals surface area (Å²) < 4.78 is 0. The maximum atomic E-state index is 12.4. The van der Waals surface area contributed by atoms with Gasteiger partial charge >= 0.3 is 0 Å². The van der Waals surface area contributed by atoms with Crippen molar-refractivity contribution in [1.82, 2.24) is 4.90 Å². The Bertz CT molecular complexity index is 486. The van der Waals surface area contributed by atoms with Crippen LogP contribution in [0.15, 0.2) is 24.3 Å². The third-order valence-electron chi connectivity index (χ3n) is 5.04. The second-order valence-electron chi connectivity index (χ2n) is 6.59. The topological polar surface area (TPSA) is 43.8 Å². The van der Waals surface area contributed by atoms with E-state index in [2.05, 4.69) is 4.90 Å². The Morgan fingerprint density at radius 3 is 2.27 bits per heavy atom. The molecule has 2 fully saturated rings. The normalized spacial score (nSPS) is 20.2. The molecule has 1 saturated carbocycles. The minimum atomic E-state index is 0.296. The average molecular weight is 302 g/mol. The highest BCUT2D eigenvalue weighted by Crippen LogP contribution is 2.27. The molecule has 1 N–H and O–H groups in total. The van der Waals surface area contributed by atoms with Gasteiger partial charge in [-0.15, -0.1) is 0 Å². The molecule has 1 heterocycles. The number of anilines is 1. The quantitative estimate of drug-likeness (QED) is 0.933. The number of nitrogens with zero attached hydrogens (tertiary/aromatic N) is 2. The summed E-state index contributed by atoms with van der Waals surface area (Å²) in [5, 5.41) is 9.35. The number of rotatable bonds is 3. The number of hydrogen-bond donors (Lipinski definition) is 1. The van der Waals surface area contributed by atoms with Gasteiger partial charge < -0.3 is 14.9 Å². The first kappa shape index (κ1) is 15.2. The smallest absolute Gasteiger partial charge is 0.222 e. The Balaban J connectivity index is 1.48. The van der Waals surface area contributed by atoms with Gasteiger partial charge in [0.25, 0.3) is 0 Å². The number of phenolic OH excluding ortho intramolecular Hbond substituents is 1. The lowest BCUT2D eigenvalue weighted by Crippen LogP contribution is -2.49. The van der Waals surface area contributed by atoms with Gasteiger partial charge in [-0.2, -0.15) is 0 Å². The van der Waals surface area contributed by atoms with Crippen molar-refractivity contribution in [2.75, 3.05) is 31.1 Å². The van der Waals surface area contributed by atoms with E-state index in [0.29, 0.717) is 17.6 Å². The Morgan fingerprint density at radius 1 is 1.00 bits per heavy atom. The van der Waals surface area contributed by atoms with Crippen molar-refractivity contribution >= 4 is 11.6 Å². The van der Waals surface area contributed by atoms with Crippen LogP contribution in [0.2, 0.25) is 0 Å². The van der Waals surface area contributed by atoms with Crippen molar-refractivity contribution in [3.05, 3.63) is 24.3 Å². The third kappa shape index (κ3) is 3.73. The number of amides is 1. The second-order valence-corrected chi connectivity index (χ2v) is 6.59. The summed E-state index contributed by atoms with van der Waals surface area (Å²) in [5.41, 5.74) is 1.12. The highest BCUT2D eigenvalue weighted by molar-refractivity contribution is 5.76. The Hall–Kier alpha value is -1.71. The third-order valence-corrected chi connectivity index (χ3v) is 5.04. The fraction of sp³-hybridized carbons (Fsp3) is 0.611. The van der Waals surface area contributed by atoms with Crippen LogP contribution >= 0.6 is 0 Å². The molecule has 0 spiro atoms. The zero-order valence-electron chi connectivity index (χ0n) is 13.2. The molecule has 1 amide bonds. The van der Waals surface area contributed by atoms with Gasteiger partial charge in [-0.25, -0.2) is 0 Å². The lowest BCUT2D eigenvalue weighted by atomic mass is 9.86. The van der Waals surface area contributed by atoms with Crippen molar-refractivity contribution in [3.8, 4) is 5.75 Å². The van der Waals surface area contributed by atoms with E-state index in [-0.39, 0.29) is 0 Å². The van der Waals surface area contributed by atoms with Crippen molar-refractivity contribution in [1.29, 1.82) is 0 Å². The summed E-state index contributed by atoms with van der Waals surface area (Å²) in [7, 11) is 0. The van der Waals surface area contributed by atoms with Gasteiger partial charge in [0.05, 0.1) is 0 Å². The van der Waals surface area contributed by atoms with Crippen LogP contribution in [0.4, 0.5) is 5.69 Å². The van der Waals surface area contributed by atoms with E-state index in [0.717, 1.165) is 38.3 Å². The van der Waals surface area contributed by atoms with Crippen LogP contribution in [0.1, 0.15) is 38.5 Å². The SMILES string of the molecule is O=C(CC1CCCCC1)N1CCN(c2ccc(O)cc2)CC1. The number of aromatic hydroxyl groups is 1. The molecule has 1 aromatic carbocycles. The Morgan fingerprint density at radius 2 is 1.64 bits per heavy atom. The molecule has 0 unspecified atom stereocenters. The molecule has 1 aliphatic heterocycles. The van der Waals surface area contributed by atoms with Crippen molar-refractivity contribution < 1.29 is 9.90 Å². The van der Waals surface area contributed by atoms with E-state index >= 15 is 0 Å². The first-order valence-electron chi connectivity index (χ1n) is 8.54. The first-order chi connectivity index (χ1) is 10.7. The van der Waals surface area contributed by atoms with Gasteiger partial charge in [-0.1, -0.05) is 19.3 Å². The largest absolute Gasteiger partial charge is 0.508 e. The zero-order valence-corrected chi connectivity index (χ0v) is 13.2. The summed E-state index contributed by atoms with van der Waals surface area (Å²) in [5.74, 6) is 1.26. The highest BCUT2D eigenvalue weighted by Gasteiger charge is 2.24. The van der Waals surface area contributed by atoms with Gasteiger partial charge in [-0.05, 0) is 43.0 Å². The van der Waals surface area contributed by atoms with Gasteiger partial charge in [0, 0.05) is 38.3 Å². The summed E-state index contributed by atoms with van der Waals surface area (Å²) in [6, 6.07) is 7.32. The fourth-order valence-electron chi connectivity index (χ4n) is 3.64. The van der Waals surface area contributed by atoms with Crippen LogP contribution < -0.4 is 4.90 Å². The molecular weight excluding hydrogens is 276 g/mol. The van der Waals surface area contributed by atoms with Gasteiger partial charge in [0.15, 0.2) is 0 Å². The number of benzene rings is 1. The summed E-state index contributed by atoms with van der Waals surface area (Å²) >= 11 is 0. The predicted octanol–water partition coefficient (Wildman–Crippen LogP) is 3.01. The summed E-state index contributed by atoms with van der Waals surface area (Å²) in [4.78, 5) is 16.7. The molecule has 3 rings (SSSR count). The molecule has 0 atom stereocenters. The number of carbonyl (C=O) groups excluding carboxylic acids is 1. The van der Waals surface area contributed by atoms with Crippen LogP contribution in [-0.2, 0) is 4.79 Å². The Labute approximate surface area is 132 Å². The molecule has 22 heavy (non-hydrogen) atoms. The molecule has 0 radical (unpaired) electrons. The van der Waals surface area contributed by atoms with E-state index < -0.39 is 0 Å². The Kier molecular flexibility index (Phi) is 4.86. The van der Waals surface area contributed by atoms with Gasteiger partial charge in [-0.3, -0.25) is 4.79 Å². The number of piperazine rings is 1. The molecule has 0 bridgehead atoms. The molecule has 0 aromatic heterocycles. The summed E-state index contributed by atoms with van der Waals surface area (Å²) in [6.07, 6.45) is 7.16. The van der Waals surface area contributed by atoms with Crippen LogP contribution in [0, 0.1) is 5.92 Å². The fourth-order valence-corrected chi connectivity index (χ4v) is 3.64. The van der Waals surface area contributed by atoms with Crippen LogP contribution in [0.3, 0.4) is 0 Å². The van der Waals surface area contributed by atoms with Gasteiger partial charge in [0.1, 0.15) is 5.75 Å². The maximum Gasteiger partial charge on any atom is 0.222 e. The van der Waals surface area contributed by atoms with E-state index in [1.165, 1.54) is 32.1 Å². The maximum absolute atomic E-state index is 12.4. The molecule has 4 nitrogen and oxygen atoms in total. The molecule has 4 heteroatoms. The van der Waals surface area contributed by atoms with E-state index in [4.69, 9.17) is 0 Å². The molecule has 2 aliphatic rings. The van der Waals surface area contributed by atoms with Gasteiger partial charge in [0.2, 0.25) is 5.91 Å². The molecule has 1 aliphatic carbocycles. The average Bonchev–Trinajstić information content (AvgIpc) is 2.57.